The Kier molecular flexibility index (Phi) is 6.37. The standard InChI is InChI=1S/C16H28N2/c1-6-17-16(11-12-18(5)13(2)3)15-10-8-7-9-14(15)4/h7-10,13,16-17H,6,11-12H2,1-5H3. The highest BCUT2D eigenvalue weighted by Gasteiger charge is 2.13. The zero-order chi connectivity index (χ0) is 13.5. The molecule has 0 aliphatic rings. The van der Waals surface area contributed by atoms with Crippen molar-refractivity contribution in [2.75, 3.05) is 20.1 Å². The number of nitrogens with one attached hydrogen (secondary N) is 1. The molecule has 0 saturated heterocycles. The van der Waals surface area contributed by atoms with Gasteiger partial charge in [-0.15, -0.1) is 0 Å². The van der Waals surface area contributed by atoms with Crippen molar-refractivity contribution in [1.82, 2.24) is 10.2 Å². The predicted octanol–water partition coefficient (Wildman–Crippen LogP) is 3.38. The quantitative estimate of drug-likeness (QED) is 0.796. The van der Waals surface area contributed by atoms with E-state index in [1.165, 1.54) is 11.1 Å². The SMILES string of the molecule is CCNC(CCN(C)C(C)C)c1ccccc1C. The zero-order valence-electron chi connectivity index (χ0n) is 12.5. The number of rotatable bonds is 7. The van der Waals surface area contributed by atoms with Gasteiger partial charge in [-0.1, -0.05) is 31.2 Å². The molecule has 18 heavy (non-hydrogen) atoms. The van der Waals surface area contributed by atoms with E-state index < -0.39 is 0 Å². The fourth-order valence-corrected chi connectivity index (χ4v) is 2.18. The molecule has 0 bridgehead atoms. The van der Waals surface area contributed by atoms with Gasteiger partial charge in [0, 0.05) is 12.1 Å². The van der Waals surface area contributed by atoms with Crippen LogP contribution in [-0.4, -0.2) is 31.1 Å². The van der Waals surface area contributed by atoms with E-state index in [2.05, 4.69) is 69.2 Å². The molecule has 2 heteroatoms. The number of hydrogen-bond donors (Lipinski definition) is 1. The van der Waals surface area contributed by atoms with Crippen molar-refractivity contribution in [3.63, 3.8) is 0 Å². The van der Waals surface area contributed by atoms with Crippen molar-refractivity contribution in [3.8, 4) is 0 Å². The van der Waals surface area contributed by atoms with Crippen LogP contribution < -0.4 is 5.32 Å². The molecule has 1 aromatic carbocycles. The Labute approximate surface area is 112 Å². The van der Waals surface area contributed by atoms with Gasteiger partial charge in [-0.2, -0.15) is 0 Å². The first-order chi connectivity index (χ1) is 8.56. The van der Waals surface area contributed by atoms with Crippen LogP contribution in [0.3, 0.4) is 0 Å². The average Bonchev–Trinajstić information content (AvgIpc) is 2.35. The molecule has 0 fully saturated rings. The largest absolute Gasteiger partial charge is 0.310 e. The van der Waals surface area contributed by atoms with E-state index in [0.717, 1.165) is 19.5 Å². The molecule has 0 amide bonds. The second-order valence-electron chi connectivity index (χ2n) is 5.33. The summed E-state index contributed by atoms with van der Waals surface area (Å²) in [6, 6.07) is 9.78. The number of benzene rings is 1. The molecule has 0 heterocycles. The first kappa shape index (κ1) is 15.2. The van der Waals surface area contributed by atoms with Crippen LogP contribution >= 0.6 is 0 Å². The lowest BCUT2D eigenvalue weighted by molar-refractivity contribution is 0.257. The van der Waals surface area contributed by atoms with Crippen LogP contribution in [-0.2, 0) is 0 Å². The highest BCUT2D eigenvalue weighted by molar-refractivity contribution is 5.28. The minimum atomic E-state index is 0.470. The van der Waals surface area contributed by atoms with E-state index in [9.17, 15) is 0 Å². The third-order valence-corrected chi connectivity index (χ3v) is 3.67. The normalized spacial score (nSPS) is 13.3. The van der Waals surface area contributed by atoms with E-state index in [-0.39, 0.29) is 0 Å². The Bertz CT molecular complexity index is 347. The first-order valence-corrected chi connectivity index (χ1v) is 7.05. The lowest BCUT2D eigenvalue weighted by Gasteiger charge is -2.26. The Balaban J connectivity index is 2.68. The summed E-state index contributed by atoms with van der Waals surface area (Å²) in [6.07, 6.45) is 1.16. The summed E-state index contributed by atoms with van der Waals surface area (Å²) in [4.78, 5) is 2.41. The van der Waals surface area contributed by atoms with Gasteiger partial charge in [0.1, 0.15) is 0 Å². The van der Waals surface area contributed by atoms with Crippen LogP contribution in [0.5, 0.6) is 0 Å². The molecule has 102 valence electrons. The van der Waals surface area contributed by atoms with Crippen molar-refractivity contribution >= 4 is 0 Å². The van der Waals surface area contributed by atoms with E-state index in [1.54, 1.807) is 0 Å². The molecular formula is C16H28N2. The lowest BCUT2D eigenvalue weighted by Crippen LogP contribution is -2.31. The van der Waals surface area contributed by atoms with E-state index in [1.807, 2.05) is 0 Å². The molecule has 2 nitrogen and oxygen atoms in total. The van der Waals surface area contributed by atoms with E-state index in [0.29, 0.717) is 12.1 Å². The van der Waals surface area contributed by atoms with Crippen molar-refractivity contribution in [2.24, 2.45) is 0 Å². The summed E-state index contributed by atoms with van der Waals surface area (Å²) in [5.41, 5.74) is 2.83. The molecule has 0 radical (unpaired) electrons. The van der Waals surface area contributed by atoms with Crippen LogP contribution in [0.1, 0.15) is 44.4 Å². The highest BCUT2D eigenvalue weighted by Crippen LogP contribution is 2.20. The summed E-state index contributed by atoms with van der Waals surface area (Å²) in [5, 5.41) is 3.61. The maximum Gasteiger partial charge on any atom is 0.0334 e. The maximum atomic E-state index is 3.61. The molecule has 0 aliphatic heterocycles. The lowest BCUT2D eigenvalue weighted by atomic mass is 9.98. The Morgan fingerprint density at radius 1 is 1.22 bits per heavy atom. The Morgan fingerprint density at radius 2 is 1.89 bits per heavy atom. The summed E-state index contributed by atoms with van der Waals surface area (Å²) in [6.45, 7) is 11.0. The highest BCUT2D eigenvalue weighted by atomic mass is 15.1. The van der Waals surface area contributed by atoms with Crippen LogP contribution in [0, 0.1) is 6.92 Å². The van der Waals surface area contributed by atoms with Gasteiger partial charge in [0.15, 0.2) is 0 Å². The van der Waals surface area contributed by atoms with Crippen molar-refractivity contribution in [2.45, 2.75) is 46.2 Å². The van der Waals surface area contributed by atoms with Gasteiger partial charge in [0.25, 0.3) is 0 Å². The number of aryl methyl sites for hydroxylation is 1. The van der Waals surface area contributed by atoms with Gasteiger partial charge < -0.3 is 10.2 Å². The summed E-state index contributed by atoms with van der Waals surface area (Å²) < 4.78 is 0. The van der Waals surface area contributed by atoms with Gasteiger partial charge in [-0.3, -0.25) is 0 Å². The molecule has 1 N–H and O–H groups in total. The molecule has 1 rings (SSSR count). The van der Waals surface area contributed by atoms with Crippen LogP contribution in [0.4, 0.5) is 0 Å². The molecule has 1 aromatic rings. The Hall–Kier alpha value is -0.860. The summed E-state index contributed by atoms with van der Waals surface area (Å²) in [7, 11) is 2.20. The number of hydrogen-bond acceptors (Lipinski definition) is 2. The van der Waals surface area contributed by atoms with E-state index >= 15 is 0 Å². The predicted molar refractivity (Wildman–Crippen MR) is 80.0 cm³/mol. The van der Waals surface area contributed by atoms with Crippen LogP contribution in [0.25, 0.3) is 0 Å². The molecule has 0 saturated carbocycles. The van der Waals surface area contributed by atoms with Crippen LogP contribution in [0.2, 0.25) is 0 Å². The van der Waals surface area contributed by atoms with Gasteiger partial charge in [0.05, 0.1) is 0 Å². The van der Waals surface area contributed by atoms with Crippen LogP contribution in [0.15, 0.2) is 24.3 Å². The van der Waals surface area contributed by atoms with Gasteiger partial charge in [-0.05, 0) is 58.5 Å². The van der Waals surface area contributed by atoms with Crippen molar-refractivity contribution in [3.05, 3.63) is 35.4 Å². The second kappa shape index (κ2) is 7.55. The molecular weight excluding hydrogens is 220 g/mol. The third-order valence-electron chi connectivity index (χ3n) is 3.67. The molecule has 1 atom stereocenters. The van der Waals surface area contributed by atoms with Gasteiger partial charge >= 0.3 is 0 Å². The smallest absolute Gasteiger partial charge is 0.0334 e. The van der Waals surface area contributed by atoms with Gasteiger partial charge in [0.2, 0.25) is 0 Å². The first-order valence-electron chi connectivity index (χ1n) is 7.05. The van der Waals surface area contributed by atoms with Gasteiger partial charge in [-0.25, -0.2) is 0 Å². The number of nitrogens with zero attached hydrogens (tertiary/aromatic N) is 1. The fourth-order valence-electron chi connectivity index (χ4n) is 2.18. The second-order valence-corrected chi connectivity index (χ2v) is 5.33. The average molecular weight is 248 g/mol. The molecule has 0 aromatic heterocycles. The minimum Gasteiger partial charge on any atom is -0.310 e. The molecule has 0 spiro atoms. The summed E-state index contributed by atoms with van der Waals surface area (Å²) in [5.74, 6) is 0. The fraction of sp³-hybridized carbons (Fsp3) is 0.625. The summed E-state index contributed by atoms with van der Waals surface area (Å²) >= 11 is 0. The molecule has 1 unspecified atom stereocenters. The zero-order valence-corrected chi connectivity index (χ0v) is 12.5. The van der Waals surface area contributed by atoms with Crippen molar-refractivity contribution < 1.29 is 0 Å². The van der Waals surface area contributed by atoms with E-state index in [4.69, 9.17) is 0 Å². The maximum absolute atomic E-state index is 3.61. The molecule has 0 aliphatic carbocycles. The topological polar surface area (TPSA) is 15.3 Å². The monoisotopic (exact) mass is 248 g/mol. The van der Waals surface area contributed by atoms with Crippen molar-refractivity contribution in [1.29, 1.82) is 0 Å². The third kappa shape index (κ3) is 4.43. The Morgan fingerprint density at radius 3 is 2.44 bits per heavy atom. The minimum absolute atomic E-state index is 0.470.